The molecular weight excluding hydrogens is 314 g/mol. The van der Waals surface area contributed by atoms with Gasteiger partial charge in [0.15, 0.2) is 0 Å². The van der Waals surface area contributed by atoms with Crippen molar-refractivity contribution in [2.75, 3.05) is 39.4 Å². The van der Waals surface area contributed by atoms with Gasteiger partial charge in [0.25, 0.3) is 5.91 Å². The summed E-state index contributed by atoms with van der Waals surface area (Å²) in [5.41, 5.74) is 0.698. The first-order chi connectivity index (χ1) is 12.3. The molecule has 25 heavy (non-hydrogen) atoms. The lowest BCUT2D eigenvalue weighted by Gasteiger charge is -2.35. The molecule has 1 aromatic heterocycles. The van der Waals surface area contributed by atoms with Crippen molar-refractivity contribution >= 4 is 5.91 Å². The number of carbonyl (C=O) groups excluding carboxylic acids is 1. The van der Waals surface area contributed by atoms with Gasteiger partial charge in [-0.2, -0.15) is 0 Å². The maximum Gasteiger partial charge on any atom is 0.255 e. The standard InChI is InChI=1S/C20H31N3O2/c24-20(18-7-5-10-21-17-18)23(19-8-15-25-16-9-19)14-6-13-22-11-3-1-2-4-12-22/h5,7,10,17,19H,1-4,6,8-9,11-16H2. The van der Waals surface area contributed by atoms with Gasteiger partial charge in [0.2, 0.25) is 0 Å². The van der Waals surface area contributed by atoms with Gasteiger partial charge in [0.05, 0.1) is 5.56 Å². The Morgan fingerprint density at radius 2 is 1.96 bits per heavy atom. The lowest BCUT2D eigenvalue weighted by Crippen LogP contribution is -2.44. The van der Waals surface area contributed by atoms with Crippen LogP contribution in [0.15, 0.2) is 24.5 Å². The lowest BCUT2D eigenvalue weighted by molar-refractivity contribution is 0.0280. The van der Waals surface area contributed by atoms with Crippen molar-refractivity contribution in [3.05, 3.63) is 30.1 Å². The van der Waals surface area contributed by atoms with E-state index >= 15 is 0 Å². The van der Waals surface area contributed by atoms with Gasteiger partial charge in [-0.15, -0.1) is 0 Å². The number of likely N-dealkylation sites (tertiary alicyclic amines) is 1. The highest BCUT2D eigenvalue weighted by Crippen LogP contribution is 2.18. The highest BCUT2D eigenvalue weighted by Gasteiger charge is 2.26. The molecule has 0 aliphatic carbocycles. The maximum atomic E-state index is 13.0. The van der Waals surface area contributed by atoms with Gasteiger partial charge >= 0.3 is 0 Å². The smallest absolute Gasteiger partial charge is 0.255 e. The first-order valence-electron chi connectivity index (χ1n) is 9.86. The zero-order valence-corrected chi connectivity index (χ0v) is 15.2. The Labute approximate surface area is 151 Å². The fraction of sp³-hybridized carbons (Fsp3) is 0.700. The monoisotopic (exact) mass is 345 g/mol. The lowest BCUT2D eigenvalue weighted by atomic mass is 10.1. The number of pyridine rings is 1. The molecule has 0 N–H and O–H groups in total. The van der Waals surface area contributed by atoms with Crippen LogP contribution < -0.4 is 0 Å². The summed E-state index contributed by atoms with van der Waals surface area (Å²) in [5, 5.41) is 0. The van der Waals surface area contributed by atoms with Crippen LogP contribution in [0.1, 0.15) is 55.3 Å². The first kappa shape index (κ1) is 18.3. The summed E-state index contributed by atoms with van der Waals surface area (Å²) >= 11 is 0. The zero-order chi connectivity index (χ0) is 17.3. The molecule has 0 radical (unpaired) electrons. The van der Waals surface area contributed by atoms with Gasteiger partial charge in [0, 0.05) is 38.2 Å². The highest BCUT2D eigenvalue weighted by molar-refractivity contribution is 5.94. The SMILES string of the molecule is O=C(c1cccnc1)N(CCCN1CCCCCC1)C1CCOCC1. The molecule has 0 spiro atoms. The number of hydrogen-bond donors (Lipinski definition) is 0. The minimum atomic E-state index is 0.121. The molecule has 0 saturated carbocycles. The summed E-state index contributed by atoms with van der Waals surface area (Å²) in [6.45, 7) is 5.87. The average Bonchev–Trinajstić information content (AvgIpc) is 2.95. The predicted molar refractivity (Wildman–Crippen MR) is 98.6 cm³/mol. The van der Waals surface area contributed by atoms with Crippen molar-refractivity contribution in [1.29, 1.82) is 0 Å². The van der Waals surface area contributed by atoms with Crippen LogP contribution in [-0.2, 0) is 4.74 Å². The van der Waals surface area contributed by atoms with E-state index in [4.69, 9.17) is 4.74 Å². The second-order valence-electron chi connectivity index (χ2n) is 7.19. The van der Waals surface area contributed by atoms with E-state index in [1.54, 1.807) is 12.4 Å². The van der Waals surface area contributed by atoms with Gasteiger partial charge in [-0.25, -0.2) is 0 Å². The Morgan fingerprint density at radius 1 is 1.20 bits per heavy atom. The topological polar surface area (TPSA) is 45.7 Å². The summed E-state index contributed by atoms with van der Waals surface area (Å²) < 4.78 is 5.49. The van der Waals surface area contributed by atoms with E-state index in [0.717, 1.165) is 45.6 Å². The third-order valence-electron chi connectivity index (χ3n) is 5.37. The predicted octanol–water partition coefficient (Wildman–Crippen LogP) is 2.97. The average molecular weight is 345 g/mol. The van der Waals surface area contributed by atoms with Crippen molar-refractivity contribution in [2.24, 2.45) is 0 Å². The number of rotatable bonds is 6. The molecule has 5 heteroatoms. The second-order valence-corrected chi connectivity index (χ2v) is 7.19. The zero-order valence-electron chi connectivity index (χ0n) is 15.2. The fourth-order valence-corrected chi connectivity index (χ4v) is 3.93. The van der Waals surface area contributed by atoms with E-state index in [-0.39, 0.29) is 5.91 Å². The van der Waals surface area contributed by atoms with Gasteiger partial charge in [-0.05, 0) is 63.9 Å². The van der Waals surface area contributed by atoms with E-state index in [9.17, 15) is 4.79 Å². The Morgan fingerprint density at radius 3 is 2.64 bits per heavy atom. The Balaban J connectivity index is 1.58. The fourth-order valence-electron chi connectivity index (χ4n) is 3.93. The van der Waals surface area contributed by atoms with E-state index in [1.165, 1.54) is 38.8 Å². The van der Waals surface area contributed by atoms with Gasteiger partial charge in [0.1, 0.15) is 0 Å². The minimum absolute atomic E-state index is 0.121. The van der Waals surface area contributed by atoms with Crippen LogP contribution in [0.5, 0.6) is 0 Å². The summed E-state index contributed by atoms with van der Waals surface area (Å²) in [7, 11) is 0. The maximum absolute atomic E-state index is 13.0. The third-order valence-corrected chi connectivity index (χ3v) is 5.37. The summed E-state index contributed by atoms with van der Waals surface area (Å²) in [6.07, 6.45) is 11.7. The van der Waals surface area contributed by atoms with Gasteiger partial charge < -0.3 is 14.5 Å². The summed E-state index contributed by atoms with van der Waals surface area (Å²) in [4.78, 5) is 21.8. The molecule has 2 fully saturated rings. The number of amides is 1. The molecule has 5 nitrogen and oxygen atoms in total. The third kappa shape index (κ3) is 5.51. The highest BCUT2D eigenvalue weighted by atomic mass is 16.5. The summed E-state index contributed by atoms with van der Waals surface area (Å²) in [5.74, 6) is 0.121. The van der Waals surface area contributed by atoms with E-state index in [0.29, 0.717) is 11.6 Å². The second kappa shape index (κ2) is 9.88. The molecule has 2 saturated heterocycles. The largest absolute Gasteiger partial charge is 0.381 e. The molecule has 0 atom stereocenters. The van der Waals surface area contributed by atoms with Crippen molar-refractivity contribution in [3.63, 3.8) is 0 Å². The van der Waals surface area contributed by atoms with Crippen LogP contribution >= 0.6 is 0 Å². The molecule has 1 amide bonds. The van der Waals surface area contributed by atoms with Gasteiger partial charge in [-0.3, -0.25) is 9.78 Å². The molecule has 138 valence electrons. The van der Waals surface area contributed by atoms with Crippen molar-refractivity contribution < 1.29 is 9.53 Å². The van der Waals surface area contributed by atoms with Gasteiger partial charge in [-0.1, -0.05) is 12.8 Å². The molecule has 2 aliphatic rings. The number of aromatic nitrogens is 1. The molecule has 0 bridgehead atoms. The van der Waals surface area contributed by atoms with Crippen LogP contribution in [0.3, 0.4) is 0 Å². The molecule has 3 heterocycles. The number of ether oxygens (including phenoxy) is 1. The van der Waals surface area contributed by atoms with Crippen LogP contribution in [-0.4, -0.2) is 66.1 Å². The first-order valence-corrected chi connectivity index (χ1v) is 9.86. The number of nitrogens with zero attached hydrogens (tertiary/aromatic N) is 3. The normalized spacial score (nSPS) is 20.2. The Hall–Kier alpha value is -1.46. The minimum Gasteiger partial charge on any atom is -0.381 e. The molecule has 0 aromatic carbocycles. The van der Waals surface area contributed by atoms with E-state index in [1.807, 2.05) is 12.1 Å². The van der Waals surface area contributed by atoms with Crippen molar-refractivity contribution in [1.82, 2.24) is 14.8 Å². The van der Waals surface area contributed by atoms with Crippen LogP contribution in [0.25, 0.3) is 0 Å². The van der Waals surface area contributed by atoms with Crippen LogP contribution in [0.2, 0.25) is 0 Å². The number of carbonyl (C=O) groups is 1. The Bertz CT molecular complexity index is 509. The molecule has 0 unspecified atom stereocenters. The van der Waals surface area contributed by atoms with Crippen molar-refractivity contribution in [2.45, 2.75) is 51.0 Å². The molecule has 2 aliphatic heterocycles. The molecular formula is C20H31N3O2. The van der Waals surface area contributed by atoms with Crippen molar-refractivity contribution in [3.8, 4) is 0 Å². The molecule has 1 aromatic rings. The van der Waals surface area contributed by atoms with E-state index < -0.39 is 0 Å². The Kier molecular flexibility index (Phi) is 7.24. The van der Waals surface area contributed by atoms with E-state index in [2.05, 4.69) is 14.8 Å². The number of hydrogen-bond acceptors (Lipinski definition) is 4. The quantitative estimate of drug-likeness (QED) is 0.795. The summed E-state index contributed by atoms with van der Waals surface area (Å²) in [6, 6.07) is 4.01. The van der Waals surface area contributed by atoms with Crippen LogP contribution in [0.4, 0.5) is 0 Å². The molecule has 3 rings (SSSR count). The van der Waals surface area contributed by atoms with Crippen LogP contribution in [0, 0.1) is 0 Å².